The molecule has 0 N–H and O–H groups in total. The molecule has 1 aliphatic rings. The van der Waals surface area contributed by atoms with Gasteiger partial charge in [-0.2, -0.15) is 8.78 Å². The number of rotatable bonds is 12. The molecule has 0 aliphatic carbocycles. The molecule has 1 aromatic carbocycles. The van der Waals surface area contributed by atoms with E-state index in [0.717, 1.165) is 12.8 Å². The predicted molar refractivity (Wildman–Crippen MR) is 134 cm³/mol. The van der Waals surface area contributed by atoms with Crippen molar-refractivity contribution in [3.05, 3.63) is 48.0 Å². The molecule has 8 heteroatoms. The lowest BCUT2D eigenvalue weighted by Crippen LogP contribution is -2.48. The summed E-state index contributed by atoms with van der Waals surface area (Å²) in [6, 6.07) is 6.65. The molecule has 2 rings (SSSR count). The molecule has 0 aromatic heterocycles. The molecule has 0 bridgehead atoms. The standard InChI is InChI=1S/C27H41F2NO4Si/c1-7-8-14-22(19-25(32)33)30-21(16-18-24(30)31)15-17-23(34-35(5,6)26(2,3)4)27(28,29)20-12-10-9-11-13-20/h9-13,15,17,21-23H,7-8,14,16,18-19H2,1-6H3,(H,32,33)/p-1/b17-15+/t21-,22?,23+/m0/s1. The number of hydrogen-bond acceptors (Lipinski definition) is 4. The quantitative estimate of drug-likeness (QED) is 0.279. The first kappa shape index (κ1) is 29.2. The van der Waals surface area contributed by atoms with Crippen LogP contribution >= 0.6 is 0 Å². The summed E-state index contributed by atoms with van der Waals surface area (Å²) in [6.45, 7) is 11.8. The number of hydrogen-bond donors (Lipinski definition) is 0. The van der Waals surface area contributed by atoms with Crippen molar-refractivity contribution in [3.63, 3.8) is 0 Å². The van der Waals surface area contributed by atoms with Crippen LogP contribution in [-0.4, -0.2) is 43.3 Å². The normalized spacial score (nSPS) is 19.4. The fraction of sp³-hybridized carbons (Fsp3) is 0.630. The number of aliphatic carboxylic acids is 1. The lowest BCUT2D eigenvalue weighted by atomic mass is 10.0. The number of likely N-dealkylation sites (tertiary alicyclic amines) is 1. The molecule has 1 heterocycles. The predicted octanol–water partition coefficient (Wildman–Crippen LogP) is 5.41. The van der Waals surface area contributed by atoms with Crippen LogP contribution in [0.4, 0.5) is 8.78 Å². The molecule has 1 amide bonds. The first-order valence-electron chi connectivity index (χ1n) is 12.5. The molecule has 1 unspecified atom stereocenters. The summed E-state index contributed by atoms with van der Waals surface area (Å²) in [7, 11) is -2.58. The minimum absolute atomic E-state index is 0.134. The van der Waals surface area contributed by atoms with Gasteiger partial charge in [-0.1, -0.05) is 83.0 Å². The van der Waals surface area contributed by atoms with Gasteiger partial charge in [-0.3, -0.25) is 4.79 Å². The number of benzene rings is 1. The Hall–Kier alpha value is -2.06. The summed E-state index contributed by atoms with van der Waals surface area (Å²) < 4.78 is 37.8. The van der Waals surface area contributed by atoms with Gasteiger partial charge in [-0.25, -0.2) is 0 Å². The Balaban J connectivity index is 2.41. The van der Waals surface area contributed by atoms with E-state index in [-0.39, 0.29) is 29.4 Å². The molecule has 3 atom stereocenters. The zero-order valence-electron chi connectivity index (χ0n) is 21.9. The lowest BCUT2D eigenvalue weighted by molar-refractivity contribution is -0.306. The summed E-state index contributed by atoms with van der Waals surface area (Å²) >= 11 is 0. The maximum atomic E-state index is 15.8. The third kappa shape index (κ3) is 7.46. The van der Waals surface area contributed by atoms with Gasteiger partial charge in [-0.05, 0) is 31.0 Å². The summed E-state index contributed by atoms with van der Waals surface area (Å²) in [6.07, 6.45) is 4.10. The first-order chi connectivity index (χ1) is 16.2. The number of amides is 1. The van der Waals surface area contributed by atoms with Crippen molar-refractivity contribution in [1.82, 2.24) is 4.90 Å². The molecular formula is C27H40F2NO4Si-. The maximum absolute atomic E-state index is 15.8. The van der Waals surface area contributed by atoms with Crippen molar-refractivity contribution in [2.24, 2.45) is 0 Å². The molecule has 0 spiro atoms. The highest BCUT2D eigenvalue weighted by Gasteiger charge is 2.47. The largest absolute Gasteiger partial charge is 0.550 e. The highest BCUT2D eigenvalue weighted by molar-refractivity contribution is 6.74. The zero-order chi connectivity index (χ0) is 26.4. The Kier molecular flexibility index (Phi) is 9.82. The smallest absolute Gasteiger partial charge is 0.301 e. The minimum atomic E-state index is -3.28. The summed E-state index contributed by atoms with van der Waals surface area (Å²) in [5.74, 6) is -4.66. The summed E-state index contributed by atoms with van der Waals surface area (Å²) in [4.78, 5) is 25.6. The second-order valence-corrected chi connectivity index (χ2v) is 15.7. The minimum Gasteiger partial charge on any atom is -0.550 e. The van der Waals surface area contributed by atoms with Crippen LogP contribution in [0.2, 0.25) is 18.1 Å². The highest BCUT2D eigenvalue weighted by atomic mass is 28.4. The molecule has 1 saturated heterocycles. The number of unbranched alkanes of at least 4 members (excludes halogenated alkanes) is 1. The second kappa shape index (κ2) is 11.8. The van der Waals surface area contributed by atoms with Crippen LogP contribution in [0.1, 0.15) is 71.8 Å². The van der Waals surface area contributed by atoms with E-state index >= 15 is 8.78 Å². The number of halogens is 2. The van der Waals surface area contributed by atoms with Crippen LogP contribution in [0.3, 0.4) is 0 Å². The molecule has 5 nitrogen and oxygen atoms in total. The van der Waals surface area contributed by atoms with E-state index in [0.29, 0.717) is 12.8 Å². The Morgan fingerprint density at radius 2 is 1.89 bits per heavy atom. The fourth-order valence-electron chi connectivity index (χ4n) is 4.14. The first-order valence-corrected chi connectivity index (χ1v) is 15.4. The van der Waals surface area contributed by atoms with Crippen molar-refractivity contribution in [2.75, 3.05) is 0 Å². The average Bonchev–Trinajstić information content (AvgIpc) is 3.13. The monoisotopic (exact) mass is 508 g/mol. The number of carboxylic acid groups (broad SMARTS) is 1. The van der Waals surface area contributed by atoms with Crippen LogP contribution in [0.15, 0.2) is 42.5 Å². The highest BCUT2D eigenvalue weighted by Crippen LogP contribution is 2.42. The van der Waals surface area contributed by atoms with Crippen molar-refractivity contribution in [2.45, 2.75) is 108 Å². The Morgan fingerprint density at radius 3 is 2.43 bits per heavy atom. The van der Waals surface area contributed by atoms with E-state index in [1.807, 2.05) is 40.8 Å². The number of carbonyl (C=O) groups excluding carboxylic acids is 2. The molecule has 0 saturated carbocycles. The van der Waals surface area contributed by atoms with Gasteiger partial charge in [0.25, 0.3) is 0 Å². The maximum Gasteiger partial charge on any atom is 0.301 e. The van der Waals surface area contributed by atoms with Gasteiger partial charge in [0.1, 0.15) is 6.10 Å². The van der Waals surface area contributed by atoms with Crippen LogP contribution in [-0.2, 0) is 19.9 Å². The van der Waals surface area contributed by atoms with Crippen LogP contribution in [0.25, 0.3) is 0 Å². The van der Waals surface area contributed by atoms with Gasteiger partial charge in [0.05, 0.1) is 6.04 Å². The molecule has 1 aliphatic heterocycles. The Labute approximate surface area is 209 Å². The van der Waals surface area contributed by atoms with E-state index < -0.39 is 38.4 Å². The molecule has 196 valence electrons. The van der Waals surface area contributed by atoms with Crippen molar-refractivity contribution in [3.8, 4) is 0 Å². The zero-order valence-corrected chi connectivity index (χ0v) is 22.9. The van der Waals surface area contributed by atoms with Crippen molar-refractivity contribution in [1.29, 1.82) is 0 Å². The molecule has 1 fully saturated rings. The molecule has 35 heavy (non-hydrogen) atoms. The average molecular weight is 509 g/mol. The summed E-state index contributed by atoms with van der Waals surface area (Å²) in [5.41, 5.74) is -0.134. The fourth-order valence-corrected chi connectivity index (χ4v) is 5.36. The van der Waals surface area contributed by atoms with E-state index in [2.05, 4.69) is 0 Å². The number of alkyl halides is 2. The van der Waals surface area contributed by atoms with Gasteiger partial charge in [0.2, 0.25) is 5.91 Å². The van der Waals surface area contributed by atoms with Crippen molar-refractivity contribution >= 4 is 20.2 Å². The molecule has 0 radical (unpaired) electrons. The molecular weight excluding hydrogens is 468 g/mol. The van der Waals surface area contributed by atoms with Crippen LogP contribution in [0, 0.1) is 0 Å². The van der Waals surface area contributed by atoms with E-state index in [1.54, 1.807) is 29.2 Å². The number of nitrogens with zero attached hydrogens (tertiary/aromatic N) is 1. The van der Waals surface area contributed by atoms with E-state index in [9.17, 15) is 14.7 Å². The van der Waals surface area contributed by atoms with Crippen molar-refractivity contribution < 1.29 is 27.9 Å². The van der Waals surface area contributed by atoms with E-state index in [1.165, 1.54) is 18.2 Å². The Bertz CT molecular complexity index is 883. The van der Waals surface area contributed by atoms with Crippen LogP contribution in [0.5, 0.6) is 0 Å². The third-order valence-electron chi connectivity index (χ3n) is 7.24. The lowest BCUT2D eigenvalue weighted by Gasteiger charge is -2.40. The second-order valence-electron chi connectivity index (χ2n) is 11.0. The van der Waals surface area contributed by atoms with Gasteiger partial charge < -0.3 is 19.2 Å². The van der Waals surface area contributed by atoms with Crippen LogP contribution < -0.4 is 5.11 Å². The van der Waals surface area contributed by atoms with Gasteiger partial charge >= 0.3 is 5.92 Å². The summed E-state index contributed by atoms with van der Waals surface area (Å²) in [5, 5.41) is 11.1. The number of carbonyl (C=O) groups is 2. The third-order valence-corrected chi connectivity index (χ3v) is 11.7. The Morgan fingerprint density at radius 1 is 1.26 bits per heavy atom. The van der Waals surface area contributed by atoms with Gasteiger partial charge in [0.15, 0.2) is 8.32 Å². The SMILES string of the molecule is CCCCC(CC(=O)[O-])N1C(=O)CC[C@@H]1/C=C/[C@@H](O[Si](C)(C)C(C)(C)C)C(F)(F)c1ccccc1. The molecule has 1 aromatic rings. The van der Waals surface area contributed by atoms with Gasteiger partial charge in [0, 0.05) is 30.4 Å². The van der Waals surface area contributed by atoms with Gasteiger partial charge in [-0.15, -0.1) is 0 Å². The van der Waals surface area contributed by atoms with E-state index in [4.69, 9.17) is 4.43 Å². The number of carboxylic acids is 1. The topological polar surface area (TPSA) is 69.7 Å².